The third kappa shape index (κ3) is 2.63. The molecule has 4 atom stereocenters. The molecule has 4 heteroatoms. The Balaban J connectivity index is 3.00. The molecule has 1 fully saturated rings. The number of ether oxygens (including phenoxy) is 1. The maximum atomic E-state index is 9.59. The van der Waals surface area contributed by atoms with Crippen LogP contribution in [0.25, 0.3) is 0 Å². The van der Waals surface area contributed by atoms with Crippen molar-refractivity contribution in [2.24, 2.45) is 10.8 Å². The van der Waals surface area contributed by atoms with Crippen LogP contribution in [0.3, 0.4) is 0 Å². The summed E-state index contributed by atoms with van der Waals surface area (Å²) >= 11 is 4.94. The topological polar surface area (TPSA) is 29.5 Å². The van der Waals surface area contributed by atoms with Crippen molar-refractivity contribution in [2.45, 2.75) is 41.1 Å². The molecular formula is C11H20I2O2. The molecule has 0 bridgehead atoms. The first kappa shape index (κ1) is 14.4. The summed E-state index contributed by atoms with van der Waals surface area (Å²) in [7, 11) is 1.78. The van der Waals surface area contributed by atoms with Gasteiger partial charge in [-0.25, -0.2) is 0 Å². The maximum absolute atomic E-state index is 9.59. The lowest BCUT2D eigenvalue weighted by molar-refractivity contribution is -0.0309. The van der Waals surface area contributed by atoms with Crippen LogP contribution in [0.15, 0.2) is 0 Å². The van der Waals surface area contributed by atoms with Crippen molar-refractivity contribution in [3.8, 4) is 0 Å². The number of alkyl halides is 2. The molecule has 0 spiro atoms. The molecule has 0 aromatic heterocycles. The van der Waals surface area contributed by atoms with Gasteiger partial charge in [-0.2, -0.15) is 0 Å². The maximum Gasteiger partial charge on any atom is 0.0817 e. The largest absolute Gasteiger partial charge is 0.396 e. The summed E-state index contributed by atoms with van der Waals surface area (Å²) < 4.78 is 6.50. The molecule has 2 nitrogen and oxygen atoms in total. The van der Waals surface area contributed by atoms with Crippen LogP contribution in [0.4, 0.5) is 0 Å². The summed E-state index contributed by atoms with van der Waals surface area (Å²) in [6.45, 7) is 6.95. The van der Waals surface area contributed by atoms with Crippen molar-refractivity contribution in [2.75, 3.05) is 13.7 Å². The first-order chi connectivity index (χ1) is 6.78. The van der Waals surface area contributed by atoms with Crippen molar-refractivity contribution in [3.63, 3.8) is 0 Å². The Labute approximate surface area is 120 Å². The molecule has 0 aromatic rings. The minimum absolute atomic E-state index is 0.0214. The lowest BCUT2D eigenvalue weighted by Gasteiger charge is -2.52. The van der Waals surface area contributed by atoms with E-state index in [4.69, 9.17) is 4.74 Å². The minimum atomic E-state index is -0.0214. The molecule has 0 aromatic carbocycles. The molecule has 4 unspecified atom stereocenters. The van der Waals surface area contributed by atoms with E-state index in [0.29, 0.717) is 7.85 Å². The number of hydrogen-bond acceptors (Lipinski definition) is 2. The van der Waals surface area contributed by atoms with E-state index >= 15 is 0 Å². The fourth-order valence-corrected chi connectivity index (χ4v) is 5.46. The van der Waals surface area contributed by atoms with Crippen molar-refractivity contribution < 1.29 is 9.84 Å². The summed E-state index contributed by atoms with van der Waals surface area (Å²) in [5, 5.41) is 9.59. The van der Waals surface area contributed by atoms with E-state index in [1.54, 1.807) is 7.11 Å². The predicted octanol–water partition coefficient (Wildman–Crippen LogP) is 3.04. The molecule has 1 aliphatic carbocycles. The fourth-order valence-electron chi connectivity index (χ4n) is 2.61. The van der Waals surface area contributed by atoms with Gasteiger partial charge in [0.05, 0.1) is 6.10 Å². The van der Waals surface area contributed by atoms with Gasteiger partial charge >= 0.3 is 0 Å². The summed E-state index contributed by atoms with van der Waals surface area (Å²) in [5.41, 5.74) is 0.201. The van der Waals surface area contributed by atoms with Gasteiger partial charge in [0.25, 0.3) is 0 Å². The van der Waals surface area contributed by atoms with Gasteiger partial charge in [-0.05, 0) is 11.8 Å². The van der Waals surface area contributed by atoms with E-state index in [2.05, 4.69) is 66.0 Å². The monoisotopic (exact) mass is 438 g/mol. The number of aliphatic hydroxyl groups excluding tert-OH is 1. The Kier molecular flexibility index (Phi) is 4.75. The van der Waals surface area contributed by atoms with Gasteiger partial charge in [-0.3, -0.25) is 0 Å². The van der Waals surface area contributed by atoms with Crippen LogP contribution in [0.1, 0.15) is 27.2 Å². The van der Waals surface area contributed by atoms with E-state index in [1.807, 2.05) is 0 Å². The zero-order valence-electron chi connectivity index (χ0n) is 9.76. The highest BCUT2D eigenvalue weighted by Gasteiger charge is 2.52. The lowest BCUT2D eigenvalue weighted by atomic mass is 9.63. The smallest absolute Gasteiger partial charge is 0.0817 e. The highest BCUT2D eigenvalue weighted by atomic mass is 127. The Hall–Kier alpha value is 1.38. The van der Waals surface area contributed by atoms with Gasteiger partial charge in [0.2, 0.25) is 0 Å². The quantitative estimate of drug-likeness (QED) is 0.531. The number of methoxy groups -OCH3 is 1. The van der Waals surface area contributed by atoms with Crippen LogP contribution in [-0.2, 0) is 4.74 Å². The second-order valence-electron chi connectivity index (χ2n) is 5.48. The summed E-state index contributed by atoms with van der Waals surface area (Å²) in [5.74, 6) is 0. The van der Waals surface area contributed by atoms with Crippen molar-refractivity contribution in [3.05, 3.63) is 0 Å². The Morgan fingerprint density at radius 3 is 2.20 bits per heavy atom. The first-order valence-electron chi connectivity index (χ1n) is 5.20. The van der Waals surface area contributed by atoms with Gasteiger partial charge in [0, 0.05) is 27.0 Å². The molecule has 1 rings (SSSR count). The Morgan fingerprint density at radius 1 is 1.27 bits per heavy atom. The van der Waals surface area contributed by atoms with Crippen LogP contribution >= 0.6 is 45.2 Å². The fraction of sp³-hybridized carbons (Fsp3) is 1.00. The van der Waals surface area contributed by atoms with Crippen molar-refractivity contribution in [1.82, 2.24) is 0 Å². The second-order valence-corrected chi connectivity index (χ2v) is 8.17. The minimum Gasteiger partial charge on any atom is -0.396 e. The number of halogens is 2. The molecule has 0 amide bonds. The molecule has 0 aliphatic heterocycles. The normalized spacial score (nSPS) is 45.4. The zero-order chi connectivity index (χ0) is 11.9. The number of hydrogen-bond donors (Lipinski definition) is 1. The van der Waals surface area contributed by atoms with Crippen molar-refractivity contribution in [1.29, 1.82) is 0 Å². The Morgan fingerprint density at radius 2 is 1.80 bits per heavy atom. The second kappa shape index (κ2) is 4.94. The van der Waals surface area contributed by atoms with Crippen LogP contribution in [0.5, 0.6) is 0 Å². The third-order valence-electron chi connectivity index (χ3n) is 3.48. The molecule has 0 saturated heterocycles. The number of rotatable bonds is 2. The summed E-state index contributed by atoms with van der Waals surface area (Å²) in [6, 6.07) is 0. The third-order valence-corrected chi connectivity index (χ3v) is 8.09. The van der Waals surface area contributed by atoms with E-state index < -0.39 is 0 Å². The van der Waals surface area contributed by atoms with Gasteiger partial charge in [0.15, 0.2) is 0 Å². The predicted molar refractivity (Wildman–Crippen MR) is 80.0 cm³/mol. The highest BCUT2D eigenvalue weighted by Crippen LogP contribution is 2.52. The SMILES string of the molecule is COC1C(I)C(C)(C)CC(C)(CO)C1I. The number of aliphatic hydroxyl groups is 1. The lowest BCUT2D eigenvalue weighted by Crippen LogP contribution is -2.56. The highest BCUT2D eigenvalue weighted by molar-refractivity contribution is 14.1. The van der Waals surface area contributed by atoms with E-state index in [-0.39, 0.29) is 23.5 Å². The molecule has 0 heterocycles. The average molecular weight is 438 g/mol. The molecule has 15 heavy (non-hydrogen) atoms. The summed E-state index contributed by atoms with van der Waals surface area (Å²) in [4.78, 5) is 0. The molecular weight excluding hydrogens is 418 g/mol. The van der Waals surface area contributed by atoms with E-state index in [0.717, 1.165) is 6.42 Å². The molecule has 1 saturated carbocycles. The van der Waals surface area contributed by atoms with Crippen LogP contribution < -0.4 is 0 Å². The van der Waals surface area contributed by atoms with Gasteiger partial charge in [-0.15, -0.1) is 0 Å². The van der Waals surface area contributed by atoms with Crippen molar-refractivity contribution >= 4 is 45.2 Å². The molecule has 1 aliphatic rings. The molecule has 0 radical (unpaired) electrons. The van der Waals surface area contributed by atoms with Gasteiger partial charge in [0.1, 0.15) is 0 Å². The molecule has 1 N–H and O–H groups in total. The summed E-state index contributed by atoms with van der Waals surface area (Å²) in [6.07, 6.45) is 1.28. The average Bonchev–Trinajstić information content (AvgIpc) is 2.16. The van der Waals surface area contributed by atoms with Gasteiger partial charge in [-0.1, -0.05) is 66.0 Å². The van der Waals surface area contributed by atoms with E-state index in [9.17, 15) is 5.11 Å². The molecule has 90 valence electrons. The Bertz CT molecular complexity index is 233. The van der Waals surface area contributed by atoms with Crippen LogP contribution in [0, 0.1) is 10.8 Å². The van der Waals surface area contributed by atoms with Crippen LogP contribution in [-0.4, -0.2) is 32.8 Å². The first-order valence-corrected chi connectivity index (χ1v) is 7.69. The standard InChI is InChI=1S/C11H20I2O2/c1-10(2)5-11(3,6-14)9(13)7(15-4)8(10)12/h7-9,14H,5-6H2,1-4H3. The van der Waals surface area contributed by atoms with Gasteiger partial charge < -0.3 is 9.84 Å². The van der Waals surface area contributed by atoms with Crippen LogP contribution in [0.2, 0.25) is 0 Å². The van der Waals surface area contributed by atoms with E-state index in [1.165, 1.54) is 0 Å². The zero-order valence-corrected chi connectivity index (χ0v) is 14.1.